The number of ether oxygens (including phenoxy) is 4. The molecule has 1 amide bonds. The number of rotatable bonds is 12. The van der Waals surface area contributed by atoms with Crippen LogP contribution in [0.5, 0.6) is 17.2 Å². The fourth-order valence-electron chi connectivity index (χ4n) is 2.98. The van der Waals surface area contributed by atoms with E-state index in [-0.39, 0.29) is 30.4 Å². The van der Waals surface area contributed by atoms with Crippen molar-refractivity contribution in [3.05, 3.63) is 48.0 Å². The third-order valence-electron chi connectivity index (χ3n) is 4.50. The van der Waals surface area contributed by atoms with Crippen LogP contribution in [0.3, 0.4) is 0 Å². The van der Waals surface area contributed by atoms with Crippen LogP contribution in [0, 0.1) is 0 Å². The quantitative estimate of drug-likeness (QED) is 0.511. The first-order valence-corrected chi connectivity index (χ1v) is 11.8. The minimum absolute atomic E-state index is 0.101. The summed E-state index contributed by atoms with van der Waals surface area (Å²) in [6, 6.07) is 12.0. The largest absolute Gasteiger partial charge is 0.495 e. The molecular weight excluding hydrogens is 436 g/mol. The number of hydrogen-bond acceptors (Lipinski definition) is 7. The van der Waals surface area contributed by atoms with Gasteiger partial charge in [-0.2, -0.15) is 0 Å². The van der Waals surface area contributed by atoms with Crippen LogP contribution in [0.2, 0.25) is 0 Å². The normalized spacial score (nSPS) is 11.0. The molecular formula is C22H30N2O7S. The molecule has 10 heteroatoms. The molecule has 0 aliphatic rings. The second-order valence-corrected chi connectivity index (χ2v) is 8.22. The molecule has 0 atom stereocenters. The summed E-state index contributed by atoms with van der Waals surface area (Å²) >= 11 is 0. The first-order valence-electron chi connectivity index (χ1n) is 10.3. The molecule has 0 radical (unpaired) electrons. The van der Waals surface area contributed by atoms with Gasteiger partial charge in [-0.3, -0.25) is 0 Å². The molecule has 2 aromatic rings. The Morgan fingerprint density at radius 2 is 1.66 bits per heavy atom. The molecule has 32 heavy (non-hydrogen) atoms. The van der Waals surface area contributed by atoms with E-state index in [0.29, 0.717) is 36.6 Å². The van der Waals surface area contributed by atoms with Gasteiger partial charge in [-0.1, -0.05) is 18.2 Å². The third kappa shape index (κ3) is 7.31. The van der Waals surface area contributed by atoms with Crippen molar-refractivity contribution in [2.24, 2.45) is 5.14 Å². The Morgan fingerprint density at radius 1 is 0.969 bits per heavy atom. The molecule has 9 nitrogen and oxygen atoms in total. The molecule has 0 unspecified atom stereocenters. The Kier molecular flexibility index (Phi) is 9.61. The summed E-state index contributed by atoms with van der Waals surface area (Å²) in [6.45, 7) is 5.17. The van der Waals surface area contributed by atoms with Crippen LogP contribution in [0.15, 0.2) is 47.4 Å². The van der Waals surface area contributed by atoms with Gasteiger partial charge in [-0.15, -0.1) is 0 Å². The highest BCUT2D eigenvalue weighted by Gasteiger charge is 2.18. The Hall–Kier alpha value is -2.98. The van der Waals surface area contributed by atoms with E-state index in [9.17, 15) is 13.2 Å². The topological polar surface area (TPSA) is 117 Å². The Balaban J connectivity index is 2.06. The molecule has 0 aromatic heterocycles. The van der Waals surface area contributed by atoms with Crippen LogP contribution in [0.4, 0.5) is 4.79 Å². The average Bonchev–Trinajstić information content (AvgIpc) is 2.76. The zero-order valence-corrected chi connectivity index (χ0v) is 19.4. The lowest BCUT2D eigenvalue weighted by Crippen LogP contribution is -2.36. The number of carbonyl (C=O) groups excluding carboxylic acids is 1. The zero-order valence-electron chi connectivity index (χ0n) is 18.6. The smallest absolute Gasteiger partial charge is 0.409 e. The predicted molar refractivity (Wildman–Crippen MR) is 120 cm³/mol. The number of hydrogen-bond donors (Lipinski definition) is 1. The second kappa shape index (κ2) is 12.2. The standard InChI is InChI=1S/C22H30N2O7S/c1-4-29-18-8-6-7-9-19(18)31-15-14-24(22(25)30-5-2)13-12-17-10-11-20(28-3)21(16-17)32(23,26)27/h6-11,16H,4-5,12-15H2,1-3H3,(H2,23,26,27). The highest BCUT2D eigenvalue weighted by Crippen LogP contribution is 2.26. The number of amides is 1. The van der Waals surface area contributed by atoms with Gasteiger partial charge in [-0.25, -0.2) is 18.4 Å². The molecule has 0 heterocycles. The average molecular weight is 467 g/mol. The van der Waals surface area contributed by atoms with Crippen LogP contribution in [0.1, 0.15) is 19.4 Å². The van der Waals surface area contributed by atoms with E-state index in [1.807, 2.05) is 25.1 Å². The molecule has 0 aliphatic carbocycles. The van der Waals surface area contributed by atoms with E-state index in [1.165, 1.54) is 24.1 Å². The Morgan fingerprint density at radius 3 is 2.25 bits per heavy atom. The highest BCUT2D eigenvalue weighted by atomic mass is 32.2. The van der Waals surface area contributed by atoms with Gasteiger partial charge >= 0.3 is 6.09 Å². The van der Waals surface area contributed by atoms with Crippen LogP contribution in [0.25, 0.3) is 0 Å². The number of sulfonamides is 1. The molecule has 0 fully saturated rings. The van der Waals surface area contributed by atoms with Crippen molar-refractivity contribution in [1.82, 2.24) is 4.90 Å². The van der Waals surface area contributed by atoms with Gasteiger partial charge < -0.3 is 23.8 Å². The summed E-state index contributed by atoms with van der Waals surface area (Å²) in [5.74, 6) is 1.39. The van der Waals surface area contributed by atoms with Crippen molar-refractivity contribution in [3.8, 4) is 17.2 Å². The number of methoxy groups -OCH3 is 1. The van der Waals surface area contributed by atoms with Gasteiger partial charge in [0.25, 0.3) is 0 Å². The summed E-state index contributed by atoms with van der Waals surface area (Å²) in [4.78, 5) is 13.8. The van der Waals surface area contributed by atoms with Gasteiger partial charge in [0.15, 0.2) is 11.5 Å². The van der Waals surface area contributed by atoms with Crippen molar-refractivity contribution in [3.63, 3.8) is 0 Å². The van der Waals surface area contributed by atoms with E-state index < -0.39 is 16.1 Å². The number of carbonyl (C=O) groups is 1. The van der Waals surface area contributed by atoms with Crippen LogP contribution in [-0.2, 0) is 21.2 Å². The van der Waals surface area contributed by atoms with Crippen molar-refractivity contribution in [2.75, 3.05) is 40.0 Å². The first kappa shape index (κ1) is 25.3. The maximum absolute atomic E-state index is 12.4. The molecule has 2 N–H and O–H groups in total. The number of nitrogens with zero attached hydrogens (tertiary/aromatic N) is 1. The van der Waals surface area contributed by atoms with Gasteiger partial charge in [0.1, 0.15) is 17.3 Å². The van der Waals surface area contributed by atoms with Gasteiger partial charge in [0.05, 0.1) is 26.9 Å². The van der Waals surface area contributed by atoms with E-state index in [4.69, 9.17) is 24.1 Å². The van der Waals surface area contributed by atoms with Gasteiger partial charge in [-0.05, 0) is 50.1 Å². The molecule has 0 saturated heterocycles. The monoisotopic (exact) mass is 466 g/mol. The van der Waals surface area contributed by atoms with Crippen LogP contribution >= 0.6 is 0 Å². The first-order chi connectivity index (χ1) is 15.3. The van der Waals surface area contributed by atoms with Crippen molar-refractivity contribution in [2.45, 2.75) is 25.2 Å². The number of benzene rings is 2. The molecule has 0 aliphatic heterocycles. The second-order valence-electron chi connectivity index (χ2n) is 6.69. The summed E-state index contributed by atoms with van der Waals surface area (Å²) in [7, 11) is -2.58. The highest BCUT2D eigenvalue weighted by molar-refractivity contribution is 7.89. The third-order valence-corrected chi connectivity index (χ3v) is 5.43. The maximum atomic E-state index is 12.4. The van der Waals surface area contributed by atoms with E-state index in [2.05, 4.69) is 0 Å². The number of primary sulfonamides is 1. The molecule has 2 aromatic carbocycles. The van der Waals surface area contributed by atoms with Crippen molar-refractivity contribution < 1.29 is 32.2 Å². The molecule has 176 valence electrons. The fourth-order valence-corrected chi connectivity index (χ4v) is 3.73. The Bertz CT molecular complexity index is 996. The number of nitrogens with two attached hydrogens (primary N) is 1. The van der Waals surface area contributed by atoms with Crippen molar-refractivity contribution in [1.29, 1.82) is 0 Å². The fraction of sp³-hybridized carbons (Fsp3) is 0.409. The minimum Gasteiger partial charge on any atom is -0.495 e. The SMILES string of the molecule is CCOC(=O)N(CCOc1ccccc1OCC)CCc1ccc(OC)c(S(N)(=O)=O)c1. The lowest BCUT2D eigenvalue weighted by molar-refractivity contribution is 0.101. The lowest BCUT2D eigenvalue weighted by Gasteiger charge is -2.22. The van der Waals surface area contributed by atoms with E-state index >= 15 is 0 Å². The molecule has 0 spiro atoms. The minimum atomic E-state index is -3.95. The molecule has 0 bridgehead atoms. The van der Waals surface area contributed by atoms with Crippen molar-refractivity contribution >= 4 is 16.1 Å². The number of para-hydroxylation sites is 2. The molecule has 0 saturated carbocycles. The van der Waals surface area contributed by atoms with Crippen LogP contribution < -0.4 is 19.3 Å². The lowest BCUT2D eigenvalue weighted by atomic mass is 10.1. The van der Waals surface area contributed by atoms with Gasteiger partial charge in [0, 0.05) is 6.54 Å². The van der Waals surface area contributed by atoms with Crippen LogP contribution in [-0.4, -0.2) is 59.4 Å². The predicted octanol–water partition coefficient (Wildman–Crippen LogP) is 2.82. The summed E-state index contributed by atoms with van der Waals surface area (Å²) in [6.07, 6.45) is -0.0877. The summed E-state index contributed by atoms with van der Waals surface area (Å²) < 4.78 is 45.2. The molecule has 2 rings (SSSR count). The summed E-state index contributed by atoms with van der Waals surface area (Å²) in [5, 5.41) is 5.28. The van der Waals surface area contributed by atoms with E-state index in [1.54, 1.807) is 19.1 Å². The van der Waals surface area contributed by atoms with Gasteiger partial charge in [0.2, 0.25) is 10.0 Å². The Labute approximate surface area is 189 Å². The summed E-state index contributed by atoms with van der Waals surface area (Å²) in [5.41, 5.74) is 0.687. The zero-order chi connectivity index (χ0) is 23.6. The van der Waals surface area contributed by atoms with E-state index in [0.717, 1.165) is 0 Å². The maximum Gasteiger partial charge on any atom is 0.409 e.